The van der Waals surface area contributed by atoms with Gasteiger partial charge in [-0.3, -0.25) is 4.79 Å². The zero-order valence-corrected chi connectivity index (χ0v) is 13.4. The van der Waals surface area contributed by atoms with Crippen LogP contribution in [-0.2, 0) is 15.9 Å². The largest absolute Gasteiger partial charge is 0.390 e. The molecule has 0 aromatic carbocycles. The molecule has 0 radical (unpaired) electrons. The molecule has 0 spiro atoms. The monoisotopic (exact) mass is 294 g/mol. The Kier molecular flexibility index (Phi) is 2.93. The Morgan fingerprint density at radius 2 is 1.80 bits per heavy atom. The van der Waals surface area contributed by atoms with Crippen LogP contribution in [0.1, 0.15) is 61.3 Å². The maximum absolute atomic E-state index is 12.8. The first-order chi connectivity index (χ1) is 9.24. The number of amides is 1. The number of ether oxygens (including phenoxy) is 1. The highest BCUT2D eigenvalue weighted by Gasteiger charge is 2.48. The summed E-state index contributed by atoms with van der Waals surface area (Å²) in [4.78, 5) is 15.8. The van der Waals surface area contributed by atoms with E-state index in [1.165, 1.54) is 11.3 Å². The summed E-state index contributed by atoms with van der Waals surface area (Å²) >= 11 is 1.51. The van der Waals surface area contributed by atoms with Crippen LogP contribution in [0.5, 0.6) is 0 Å². The minimum Gasteiger partial charge on any atom is -0.390 e. The van der Waals surface area contributed by atoms with Crippen LogP contribution in [0.2, 0.25) is 0 Å². The Morgan fingerprint density at radius 1 is 1.20 bits per heavy atom. The van der Waals surface area contributed by atoms with E-state index in [4.69, 9.17) is 10.5 Å². The lowest BCUT2D eigenvalue weighted by molar-refractivity contribution is -0.104. The van der Waals surface area contributed by atoms with Crippen LogP contribution in [0.15, 0.2) is 0 Å². The summed E-state index contributed by atoms with van der Waals surface area (Å²) in [5.74, 6) is 0.0758. The Bertz CT molecular complexity index is 569. The van der Waals surface area contributed by atoms with Crippen molar-refractivity contribution in [1.82, 2.24) is 4.90 Å². The van der Waals surface area contributed by atoms with Crippen molar-refractivity contribution in [3.8, 4) is 0 Å². The van der Waals surface area contributed by atoms with Gasteiger partial charge in [0.15, 0.2) is 0 Å². The molecule has 1 aromatic rings. The van der Waals surface area contributed by atoms with Crippen molar-refractivity contribution in [2.75, 3.05) is 18.8 Å². The highest BCUT2D eigenvalue weighted by Crippen LogP contribution is 2.53. The molecule has 20 heavy (non-hydrogen) atoms. The van der Waals surface area contributed by atoms with Crippen molar-refractivity contribution < 1.29 is 9.53 Å². The summed E-state index contributed by atoms with van der Waals surface area (Å²) in [5, 5.41) is 0.636. The first-order valence-electron chi connectivity index (χ1n) is 7.17. The third-order valence-corrected chi connectivity index (χ3v) is 5.53. The summed E-state index contributed by atoms with van der Waals surface area (Å²) in [7, 11) is 0. The third-order valence-electron chi connectivity index (χ3n) is 4.20. The van der Waals surface area contributed by atoms with E-state index in [0.717, 1.165) is 36.4 Å². The van der Waals surface area contributed by atoms with Crippen molar-refractivity contribution in [3.05, 3.63) is 16.0 Å². The number of nitrogens with two attached hydrogens (primary N) is 1. The van der Waals surface area contributed by atoms with E-state index in [0.29, 0.717) is 10.6 Å². The fourth-order valence-corrected chi connectivity index (χ4v) is 4.72. The number of rotatable bonds is 1. The number of thiophene rings is 1. The van der Waals surface area contributed by atoms with E-state index >= 15 is 0 Å². The molecule has 2 aliphatic rings. The fourth-order valence-electron chi connectivity index (χ4n) is 3.47. The lowest BCUT2D eigenvalue weighted by Crippen LogP contribution is -2.31. The van der Waals surface area contributed by atoms with E-state index < -0.39 is 5.60 Å². The molecule has 2 aliphatic heterocycles. The number of likely N-dealkylation sites (tertiary alicyclic amines) is 1. The number of anilines is 1. The maximum Gasteiger partial charge on any atom is 0.257 e. The van der Waals surface area contributed by atoms with Gasteiger partial charge in [0.1, 0.15) is 0 Å². The highest BCUT2D eigenvalue weighted by atomic mass is 32.1. The van der Waals surface area contributed by atoms with Gasteiger partial charge in [0, 0.05) is 23.5 Å². The molecule has 0 saturated carbocycles. The molecule has 4 nitrogen and oxygen atoms in total. The number of fused-ring (bicyclic) bond motifs is 1. The topological polar surface area (TPSA) is 55.6 Å². The minimum atomic E-state index is -0.461. The summed E-state index contributed by atoms with van der Waals surface area (Å²) in [5.41, 5.74) is 7.03. The Morgan fingerprint density at radius 3 is 2.40 bits per heavy atom. The van der Waals surface area contributed by atoms with Gasteiger partial charge in [-0.1, -0.05) is 0 Å². The van der Waals surface area contributed by atoms with E-state index in [9.17, 15) is 4.79 Å². The lowest BCUT2D eigenvalue weighted by Gasteiger charge is -2.26. The first kappa shape index (κ1) is 13.9. The summed E-state index contributed by atoms with van der Waals surface area (Å²) in [6.07, 6.45) is 2.17. The van der Waals surface area contributed by atoms with E-state index in [1.807, 2.05) is 32.6 Å². The number of nitrogens with zero attached hydrogens (tertiary/aromatic N) is 1. The third kappa shape index (κ3) is 1.87. The summed E-state index contributed by atoms with van der Waals surface area (Å²) < 4.78 is 6.14. The molecule has 110 valence electrons. The van der Waals surface area contributed by atoms with Crippen LogP contribution in [-0.4, -0.2) is 23.9 Å². The SMILES string of the molecule is CC1(C)OC(C)(C)c2c1sc(N)c2C(=O)N1CCCC1. The Labute approximate surface area is 123 Å². The molecule has 3 heterocycles. The maximum atomic E-state index is 12.8. The van der Waals surface area contributed by atoms with Gasteiger partial charge in [-0.05, 0) is 40.5 Å². The minimum absolute atomic E-state index is 0.0758. The first-order valence-corrected chi connectivity index (χ1v) is 7.98. The summed E-state index contributed by atoms with van der Waals surface area (Å²) in [6.45, 7) is 9.81. The molecular weight excluding hydrogens is 272 g/mol. The molecule has 0 bridgehead atoms. The molecule has 0 unspecified atom stereocenters. The van der Waals surface area contributed by atoms with Gasteiger partial charge in [0.25, 0.3) is 5.91 Å². The average molecular weight is 294 g/mol. The quantitative estimate of drug-likeness (QED) is 0.866. The highest BCUT2D eigenvalue weighted by molar-refractivity contribution is 7.16. The van der Waals surface area contributed by atoms with Crippen molar-refractivity contribution in [2.24, 2.45) is 0 Å². The summed E-state index contributed by atoms with van der Waals surface area (Å²) in [6, 6.07) is 0. The lowest BCUT2D eigenvalue weighted by atomic mass is 9.93. The van der Waals surface area contributed by atoms with Gasteiger partial charge >= 0.3 is 0 Å². The van der Waals surface area contributed by atoms with E-state index in [1.54, 1.807) is 0 Å². The molecule has 5 heteroatoms. The van der Waals surface area contributed by atoms with Crippen LogP contribution in [0, 0.1) is 0 Å². The van der Waals surface area contributed by atoms with Crippen molar-refractivity contribution >= 4 is 22.2 Å². The zero-order valence-electron chi connectivity index (χ0n) is 12.6. The van der Waals surface area contributed by atoms with Gasteiger partial charge in [0.2, 0.25) is 0 Å². The number of carbonyl (C=O) groups excluding carboxylic acids is 1. The van der Waals surface area contributed by atoms with Gasteiger partial charge in [-0.2, -0.15) is 0 Å². The Hall–Kier alpha value is -1.07. The number of carbonyl (C=O) groups is 1. The van der Waals surface area contributed by atoms with Gasteiger partial charge in [0.05, 0.1) is 21.8 Å². The van der Waals surface area contributed by atoms with Crippen molar-refractivity contribution in [1.29, 1.82) is 0 Å². The average Bonchev–Trinajstić information content (AvgIpc) is 2.96. The number of hydrogen-bond acceptors (Lipinski definition) is 4. The number of hydrogen-bond donors (Lipinski definition) is 1. The Balaban J connectivity index is 2.12. The molecule has 1 aromatic heterocycles. The molecule has 2 N–H and O–H groups in total. The van der Waals surface area contributed by atoms with Crippen LogP contribution >= 0.6 is 11.3 Å². The van der Waals surface area contributed by atoms with Crippen LogP contribution in [0.3, 0.4) is 0 Å². The number of nitrogen functional groups attached to an aromatic ring is 1. The van der Waals surface area contributed by atoms with Crippen LogP contribution in [0.4, 0.5) is 5.00 Å². The van der Waals surface area contributed by atoms with Crippen molar-refractivity contribution in [2.45, 2.75) is 51.7 Å². The second-order valence-electron chi connectivity index (χ2n) is 6.67. The second kappa shape index (κ2) is 4.21. The fraction of sp³-hybridized carbons (Fsp3) is 0.667. The van der Waals surface area contributed by atoms with E-state index in [2.05, 4.69) is 0 Å². The zero-order chi connectivity index (χ0) is 14.7. The van der Waals surface area contributed by atoms with Gasteiger partial charge in [-0.25, -0.2) is 0 Å². The van der Waals surface area contributed by atoms with E-state index in [-0.39, 0.29) is 11.5 Å². The van der Waals surface area contributed by atoms with Crippen LogP contribution < -0.4 is 5.73 Å². The van der Waals surface area contributed by atoms with Gasteiger partial charge < -0.3 is 15.4 Å². The molecule has 1 amide bonds. The predicted molar refractivity (Wildman–Crippen MR) is 81.0 cm³/mol. The standard InChI is InChI=1S/C15H22N2O2S/c1-14(2)10-9(13(18)17-7-5-6-8-17)12(16)20-11(10)15(3,4)19-14/h5-8,16H2,1-4H3. The molecule has 1 saturated heterocycles. The van der Waals surface area contributed by atoms with Crippen molar-refractivity contribution in [3.63, 3.8) is 0 Å². The van der Waals surface area contributed by atoms with Gasteiger partial charge in [-0.15, -0.1) is 11.3 Å². The normalized spacial score (nSPS) is 23.1. The second-order valence-corrected chi connectivity index (χ2v) is 7.72. The smallest absolute Gasteiger partial charge is 0.257 e. The van der Waals surface area contributed by atoms with Crippen LogP contribution in [0.25, 0.3) is 0 Å². The molecule has 0 aliphatic carbocycles. The molecular formula is C15H22N2O2S. The predicted octanol–water partition coefficient (Wildman–Crippen LogP) is 3.07. The molecule has 1 fully saturated rings. The molecule has 0 atom stereocenters. The molecule has 3 rings (SSSR count).